The van der Waals surface area contributed by atoms with Gasteiger partial charge in [0.05, 0.1) is 72.3 Å². The number of nitriles is 2. The fraction of sp³-hybridized carbons (Fsp3) is 0.0145. The van der Waals surface area contributed by atoms with E-state index in [1.165, 1.54) is 22.3 Å². The van der Waals surface area contributed by atoms with E-state index in [0.29, 0.717) is 33.9 Å². The van der Waals surface area contributed by atoms with Gasteiger partial charge in [0.25, 0.3) is 0 Å². The number of benzene rings is 11. The maximum Gasteiger partial charge on any atom is 0.145 e. The van der Waals surface area contributed by atoms with Crippen molar-refractivity contribution >= 4 is 109 Å². The van der Waals surface area contributed by atoms with Gasteiger partial charge in [-0.05, 0) is 89.3 Å². The molecular weight excluding hydrogens is 929 g/mol. The fourth-order valence-electron chi connectivity index (χ4n) is 13.5. The summed E-state index contributed by atoms with van der Waals surface area (Å²) in [4.78, 5) is 0. The van der Waals surface area contributed by atoms with E-state index in [1.54, 1.807) is 0 Å². The van der Waals surface area contributed by atoms with E-state index in [1.807, 2.05) is 18.2 Å². The summed E-state index contributed by atoms with van der Waals surface area (Å²) in [6.07, 6.45) is 0.781. The lowest BCUT2D eigenvalue weighted by molar-refractivity contribution is 0.673. The SMILES string of the molecule is N#Cc1c(-n2c3ccccc3c3ccccc32)c(-n2c3ccccc3c3c4oc5ccccc5c4ccc32)c(C#N)c(-n2c3ccccc3c3ccccc32)c1-n1c2ccccc2c2c3c(ccc21)-c1ccccc1C3. The van der Waals surface area contributed by atoms with Crippen LogP contribution in [-0.2, 0) is 6.42 Å². The van der Waals surface area contributed by atoms with Crippen molar-refractivity contribution in [1.82, 2.24) is 18.3 Å². The van der Waals surface area contributed by atoms with Crippen molar-refractivity contribution in [1.29, 1.82) is 10.5 Å². The van der Waals surface area contributed by atoms with Crippen LogP contribution >= 0.6 is 0 Å². The fourth-order valence-corrected chi connectivity index (χ4v) is 13.5. The van der Waals surface area contributed by atoms with Crippen LogP contribution in [0.1, 0.15) is 22.3 Å². The molecule has 5 aromatic heterocycles. The van der Waals surface area contributed by atoms with Gasteiger partial charge in [0.1, 0.15) is 34.4 Å². The highest BCUT2D eigenvalue weighted by Gasteiger charge is 2.36. The first-order valence-electron chi connectivity index (χ1n) is 25.7. The Kier molecular flexibility index (Phi) is 8.08. The Hall–Kier alpha value is -10.6. The average molecular weight is 967 g/mol. The monoisotopic (exact) mass is 966 g/mol. The van der Waals surface area contributed by atoms with Gasteiger partial charge in [0, 0.05) is 48.5 Å². The number of para-hydroxylation sites is 7. The summed E-state index contributed by atoms with van der Waals surface area (Å²) in [6, 6.07) is 82.3. The third kappa shape index (κ3) is 5.13. The van der Waals surface area contributed by atoms with Crippen LogP contribution in [0.4, 0.5) is 0 Å². The summed E-state index contributed by atoms with van der Waals surface area (Å²) < 4.78 is 15.9. The van der Waals surface area contributed by atoms with Crippen LogP contribution in [0.3, 0.4) is 0 Å². The van der Waals surface area contributed by atoms with Gasteiger partial charge in [-0.25, -0.2) is 0 Å². The van der Waals surface area contributed by atoms with Crippen LogP contribution in [0.15, 0.2) is 223 Å². The molecule has 17 rings (SSSR count). The van der Waals surface area contributed by atoms with E-state index in [4.69, 9.17) is 4.42 Å². The molecule has 16 aromatic rings. The van der Waals surface area contributed by atoms with E-state index in [2.05, 4.69) is 231 Å². The minimum Gasteiger partial charge on any atom is -0.455 e. The molecule has 1 aliphatic carbocycles. The molecule has 0 spiro atoms. The third-order valence-electron chi connectivity index (χ3n) is 16.5. The van der Waals surface area contributed by atoms with E-state index in [0.717, 1.165) is 116 Å². The van der Waals surface area contributed by atoms with Gasteiger partial charge in [-0.1, -0.05) is 158 Å². The number of hydrogen-bond acceptors (Lipinski definition) is 3. The number of furan rings is 1. The number of aromatic nitrogens is 4. The summed E-state index contributed by atoms with van der Waals surface area (Å²) in [6.45, 7) is 0. The van der Waals surface area contributed by atoms with Crippen molar-refractivity contribution in [3.05, 3.63) is 241 Å². The number of hydrogen-bond donors (Lipinski definition) is 0. The molecule has 350 valence electrons. The van der Waals surface area contributed by atoms with Gasteiger partial charge in [0.15, 0.2) is 0 Å². The Morgan fingerprint density at radius 2 is 0.697 bits per heavy atom. The molecule has 0 amide bonds. The molecule has 1 aliphatic rings. The number of rotatable bonds is 4. The Labute approximate surface area is 433 Å². The van der Waals surface area contributed by atoms with Crippen LogP contribution in [0.2, 0.25) is 0 Å². The summed E-state index contributed by atoms with van der Waals surface area (Å²) >= 11 is 0. The van der Waals surface area contributed by atoms with E-state index in [9.17, 15) is 10.5 Å². The summed E-state index contributed by atoms with van der Waals surface area (Å²) in [7, 11) is 0. The molecule has 5 heterocycles. The standard InChI is InChI=1S/C69H38N6O/c70-38-52-66(73-56-28-12-5-21-45(56)46-22-6-13-29-57(46)73)68(75-59-31-15-8-25-50(59)64-61(75)36-34-48-47-23-9-16-32-62(47)76-69(48)64)53(39-71)65(72-54-26-10-3-19-43(54)44-20-4-11-27-55(44)72)67(52)74-58-30-14-7-24-49(58)63-51-37-40-17-1-2-18-41(40)42(51)33-35-60(63)74/h1-36H,37H2. The Morgan fingerprint density at radius 1 is 0.316 bits per heavy atom. The predicted molar refractivity (Wildman–Crippen MR) is 309 cm³/mol. The second-order valence-electron chi connectivity index (χ2n) is 20.1. The lowest BCUT2D eigenvalue weighted by Crippen LogP contribution is -2.16. The second kappa shape index (κ2) is 15.0. The molecule has 7 nitrogen and oxygen atoms in total. The second-order valence-corrected chi connectivity index (χ2v) is 20.1. The highest BCUT2D eigenvalue weighted by Crippen LogP contribution is 2.51. The summed E-state index contributed by atoms with van der Waals surface area (Å²) in [5.74, 6) is 0. The van der Waals surface area contributed by atoms with Crippen molar-refractivity contribution in [3.8, 4) is 46.0 Å². The van der Waals surface area contributed by atoms with Crippen LogP contribution in [0, 0.1) is 22.7 Å². The molecule has 7 heteroatoms. The molecule has 0 radical (unpaired) electrons. The van der Waals surface area contributed by atoms with Crippen LogP contribution in [0.25, 0.3) is 143 Å². The van der Waals surface area contributed by atoms with Crippen molar-refractivity contribution < 1.29 is 4.42 Å². The maximum absolute atomic E-state index is 12.7. The third-order valence-corrected chi connectivity index (χ3v) is 16.5. The van der Waals surface area contributed by atoms with Crippen LogP contribution in [-0.4, -0.2) is 18.3 Å². The van der Waals surface area contributed by atoms with Gasteiger partial charge in [0.2, 0.25) is 0 Å². The summed E-state index contributed by atoms with van der Waals surface area (Å²) in [5.41, 5.74) is 17.1. The zero-order chi connectivity index (χ0) is 49.9. The maximum atomic E-state index is 12.7. The predicted octanol–water partition coefficient (Wildman–Crippen LogP) is 17.3. The molecule has 76 heavy (non-hydrogen) atoms. The smallest absolute Gasteiger partial charge is 0.145 e. The van der Waals surface area contributed by atoms with Crippen molar-refractivity contribution in [3.63, 3.8) is 0 Å². The topological polar surface area (TPSA) is 80.4 Å². The molecule has 0 bridgehead atoms. The Morgan fingerprint density at radius 3 is 1.21 bits per heavy atom. The molecule has 0 unspecified atom stereocenters. The van der Waals surface area contributed by atoms with Gasteiger partial charge in [-0.3, -0.25) is 0 Å². The first-order chi connectivity index (χ1) is 37.7. The molecule has 0 saturated heterocycles. The molecule has 0 aliphatic heterocycles. The van der Waals surface area contributed by atoms with Crippen molar-refractivity contribution in [2.75, 3.05) is 0 Å². The largest absolute Gasteiger partial charge is 0.455 e. The van der Waals surface area contributed by atoms with Crippen molar-refractivity contribution in [2.24, 2.45) is 0 Å². The minimum absolute atomic E-state index is 0.407. The first kappa shape index (κ1) is 40.9. The van der Waals surface area contributed by atoms with Crippen molar-refractivity contribution in [2.45, 2.75) is 6.42 Å². The molecule has 0 atom stereocenters. The highest BCUT2D eigenvalue weighted by atomic mass is 16.3. The van der Waals surface area contributed by atoms with Crippen LogP contribution in [0.5, 0.6) is 0 Å². The molecule has 0 N–H and O–H groups in total. The van der Waals surface area contributed by atoms with Gasteiger partial charge in [-0.15, -0.1) is 0 Å². The van der Waals surface area contributed by atoms with Gasteiger partial charge < -0.3 is 22.7 Å². The molecular formula is C69H38N6O. The zero-order valence-corrected chi connectivity index (χ0v) is 40.6. The van der Waals surface area contributed by atoms with E-state index >= 15 is 0 Å². The minimum atomic E-state index is 0.407. The molecule has 0 fully saturated rings. The number of nitrogens with zero attached hydrogens (tertiary/aromatic N) is 6. The average Bonchev–Trinajstić information content (AvgIpc) is 4.35. The van der Waals surface area contributed by atoms with E-state index < -0.39 is 0 Å². The number of fused-ring (bicyclic) bond motifs is 20. The summed E-state index contributed by atoms with van der Waals surface area (Å²) in [5, 5.41) is 35.8. The Balaban J connectivity index is 1.16. The van der Waals surface area contributed by atoms with E-state index in [-0.39, 0.29) is 0 Å². The highest BCUT2D eigenvalue weighted by molar-refractivity contribution is 6.25. The molecule has 11 aromatic carbocycles. The lowest BCUT2D eigenvalue weighted by Gasteiger charge is -2.27. The quantitative estimate of drug-likeness (QED) is 0.176. The molecule has 0 saturated carbocycles. The first-order valence-corrected chi connectivity index (χ1v) is 25.7. The van der Waals surface area contributed by atoms with Gasteiger partial charge >= 0.3 is 0 Å². The van der Waals surface area contributed by atoms with Crippen LogP contribution < -0.4 is 0 Å². The zero-order valence-electron chi connectivity index (χ0n) is 40.6. The normalized spacial score (nSPS) is 12.4. The Bertz CT molecular complexity index is 5260. The van der Waals surface area contributed by atoms with Gasteiger partial charge in [-0.2, -0.15) is 10.5 Å². The lowest BCUT2D eigenvalue weighted by atomic mass is 9.98.